The van der Waals surface area contributed by atoms with Crippen molar-refractivity contribution < 1.29 is 26.0 Å². The van der Waals surface area contributed by atoms with Gasteiger partial charge in [0.25, 0.3) is 0 Å². The highest BCUT2D eigenvalue weighted by atomic mass is 32.3. The zero-order valence-corrected chi connectivity index (χ0v) is 14.8. The summed E-state index contributed by atoms with van der Waals surface area (Å²) in [4.78, 5) is 11.7. The largest absolute Gasteiger partial charge is 0.488 e. The van der Waals surface area contributed by atoms with E-state index < -0.39 is 24.5 Å². The molecule has 5 nitrogen and oxygen atoms in total. The van der Waals surface area contributed by atoms with Crippen LogP contribution in [0, 0.1) is 18.4 Å². The molecule has 0 aliphatic heterocycles. The van der Waals surface area contributed by atoms with Gasteiger partial charge in [0.05, 0.1) is 12.7 Å². The Labute approximate surface area is 130 Å². The van der Waals surface area contributed by atoms with Gasteiger partial charge in [0.2, 0.25) is 0 Å². The number of carbonyl (C=O) groups is 1. The van der Waals surface area contributed by atoms with Crippen molar-refractivity contribution in [3.8, 4) is 17.2 Å². The van der Waals surface area contributed by atoms with Crippen LogP contribution in [0.2, 0.25) is 19.6 Å². The van der Waals surface area contributed by atoms with Crippen molar-refractivity contribution in [1.29, 1.82) is 0 Å². The van der Waals surface area contributed by atoms with Crippen LogP contribution in [0.25, 0.3) is 0 Å². The third kappa shape index (κ3) is 5.50. The molecule has 1 aromatic rings. The molecule has 0 fully saturated rings. The van der Waals surface area contributed by atoms with Crippen LogP contribution in [0.1, 0.15) is 21.5 Å². The molecule has 0 heterocycles. The Morgan fingerprint density at radius 1 is 1.27 bits per heavy atom. The van der Waals surface area contributed by atoms with Crippen LogP contribution in [0.4, 0.5) is 3.89 Å². The fourth-order valence-corrected chi connectivity index (χ4v) is 2.39. The minimum Gasteiger partial charge on any atom is -0.465 e. The van der Waals surface area contributed by atoms with Crippen LogP contribution in [0.3, 0.4) is 0 Å². The van der Waals surface area contributed by atoms with Gasteiger partial charge in [-0.3, -0.25) is 0 Å². The van der Waals surface area contributed by atoms with E-state index >= 15 is 0 Å². The van der Waals surface area contributed by atoms with Crippen LogP contribution in [-0.2, 0) is 15.2 Å². The topological polar surface area (TPSA) is 69.7 Å². The summed E-state index contributed by atoms with van der Waals surface area (Å²) in [5, 5.41) is 0. The van der Waals surface area contributed by atoms with Crippen LogP contribution < -0.4 is 4.18 Å². The molecule has 120 valence electrons. The highest BCUT2D eigenvalue weighted by Gasteiger charge is 2.18. The molecule has 0 aliphatic carbocycles. The lowest BCUT2D eigenvalue weighted by Gasteiger charge is -2.10. The Morgan fingerprint density at radius 3 is 2.32 bits per heavy atom. The van der Waals surface area contributed by atoms with Gasteiger partial charge in [-0.25, -0.2) is 4.79 Å². The molecule has 0 saturated heterocycles. The molecule has 0 saturated carbocycles. The molecule has 22 heavy (non-hydrogen) atoms. The molecule has 0 aromatic heterocycles. The average molecular weight is 344 g/mol. The van der Waals surface area contributed by atoms with E-state index in [1.807, 2.05) is 19.6 Å². The van der Waals surface area contributed by atoms with Gasteiger partial charge in [-0.15, -0.1) is 5.54 Å². The van der Waals surface area contributed by atoms with E-state index in [-0.39, 0.29) is 11.3 Å². The van der Waals surface area contributed by atoms with Gasteiger partial charge in [-0.05, 0) is 24.6 Å². The summed E-state index contributed by atoms with van der Waals surface area (Å²) in [7, 11) is -5.69. The van der Waals surface area contributed by atoms with E-state index in [9.17, 15) is 17.1 Å². The summed E-state index contributed by atoms with van der Waals surface area (Å²) >= 11 is 0. The first-order chi connectivity index (χ1) is 9.93. The van der Waals surface area contributed by atoms with Crippen molar-refractivity contribution in [2.75, 3.05) is 7.11 Å². The van der Waals surface area contributed by atoms with Gasteiger partial charge in [-0.1, -0.05) is 29.4 Å². The third-order valence-corrected chi connectivity index (χ3v) is 3.82. The molecule has 0 bridgehead atoms. The van der Waals surface area contributed by atoms with Gasteiger partial charge >= 0.3 is 16.5 Å². The molecule has 0 unspecified atom stereocenters. The van der Waals surface area contributed by atoms with Gasteiger partial charge in [-0.2, -0.15) is 8.42 Å². The minimum absolute atomic E-state index is 0.0727. The Balaban J connectivity index is 3.50. The van der Waals surface area contributed by atoms with Gasteiger partial charge in [0.15, 0.2) is 0 Å². The zero-order valence-electron chi connectivity index (χ0n) is 13.0. The normalized spacial score (nSPS) is 11.4. The molecule has 1 aromatic carbocycles. The quantitative estimate of drug-likeness (QED) is 0.365. The maximum atomic E-state index is 12.7. The standard InChI is InChI=1S/C14H17FO5SSi/c1-10-11(6-7-22(3,4)5)8-12(20-21(15,17)18)9-13(10)14(16)19-2/h8-9H,1-5H3. The summed E-state index contributed by atoms with van der Waals surface area (Å²) in [6.45, 7) is 7.74. The predicted molar refractivity (Wildman–Crippen MR) is 83.4 cm³/mol. The summed E-state index contributed by atoms with van der Waals surface area (Å²) in [6, 6.07) is 2.39. The molecule has 0 spiro atoms. The monoisotopic (exact) mass is 344 g/mol. The summed E-state index contributed by atoms with van der Waals surface area (Å²) in [5.74, 6) is 1.89. The SMILES string of the molecule is COC(=O)c1cc(OS(=O)(=O)F)cc(C#C[Si](C)(C)C)c1C. The fraction of sp³-hybridized carbons (Fsp3) is 0.357. The summed E-state index contributed by atoms with van der Waals surface area (Å²) < 4.78 is 42.8. The lowest BCUT2D eigenvalue weighted by Crippen LogP contribution is -2.16. The highest BCUT2D eigenvalue weighted by Crippen LogP contribution is 2.24. The lowest BCUT2D eigenvalue weighted by atomic mass is 10.0. The first kappa shape index (κ1) is 18.2. The molecule has 0 N–H and O–H groups in total. The van der Waals surface area contributed by atoms with Crippen LogP contribution in [0.15, 0.2) is 12.1 Å². The second kappa shape index (κ2) is 6.50. The molecule has 0 amide bonds. The van der Waals surface area contributed by atoms with Crippen molar-refractivity contribution in [2.45, 2.75) is 26.6 Å². The number of ether oxygens (including phenoxy) is 1. The number of hydrogen-bond donors (Lipinski definition) is 0. The first-order valence-corrected chi connectivity index (χ1v) is 11.1. The Morgan fingerprint density at radius 2 is 1.86 bits per heavy atom. The Hall–Kier alpha value is -1.85. The second-order valence-corrected chi connectivity index (χ2v) is 11.3. The Kier molecular flexibility index (Phi) is 5.38. The fourth-order valence-electron chi connectivity index (χ4n) is 1.56. The maximum absolute atomic E-state index is 12.7. The van der Waals surface area contributed by atoms with E-state index in [1.165, 1.54) is 13.2 Å². The third-order valence-electron chi connectivity index (χ3n) is 2.55. The molecule has 8 heteroatoms. The van der Waals surface area contributed by atoms with Crippen molar-refractivity contribution in [3.05, 3.63) is 28.8 Å². The van der Waals surface area contributed by atoms with Crippen molar-refractivity contribution in [1.82, 2.24) is 0 Å². The number of rotatable bonds is 3. The van der Waals surface area contributed by atoms with E-state index in [0.29, 0.717) is 11.1 Å². The summed E-state index contributed by atoms with van der Waals surface area (Å²) in [6.07, 6.45) is 0. The number of methoxy groups -OCH3 is 1. The lowest BCUT2D eigenvalue weighted by molar-refractivity contribution is 0.0599. The number of carbonyl (C=O) groups excluding carboxylic acids is 1. The van der Waals surface area contributed by atoms with E-state index in [2.05, 4.69) is 20.4 Å². The second-order valence-electron chi connectivity index (χ2n) is 5.61. The van der Waals surface area contributed by atoms with Crippen molar-refractivity contribution >= 4 is 24.5 Å². The van der Waals surface area contributed by atoms with E-state index in [1.54, 1.807) is 6.92 Å². The molecular formula is C14H17FO5SSi. The number of halogens is 1. The Bertz CT molecular complexity index is 754. The van der Waals surface area contributed by atoms with E-state index in [0.717, 1.165) is 6.07 Å². The number of hydrogen-bond acceptors (Lipinski definition) is 5. The van der Waals surface area contributed by atoms with Gasteiger partial charge in [0, 0.05) is 5.56 Å². The van der Waals surface area contributed by atoms with Gasteiger partial charge < -0.3 is 8.92 Å². The minimum atomic E-state index is -5.19. The first-order valence-electron chi connectivity index (χ1n) is 6.33. The van der Waals surface area contributed by atoms with Crippen LogP contribution in [0.5, 0.6) is 5.75 Å². The molecule has 1 rings (SSSR count). The zero-order chi connectivity index (χ0) is 17.1. The summed E-state index contributed by atoms with van der Waals surface area (Å²) in [5.41, 5.74) is 4.07. The number of benzene rings is 1. The average Bonchev–Trinajstić information content (AvgIpc) is 2.35. The predicted octanol–water partition coefficient (Wildman–Crippen LogP) is 2.60. The molecular weight excluding hydrogens is 327 g/mol. The van der Waals surface area contributed by atoms with Gasteiger partial charge in [0.1, 0.15) is 13.8 Å². The smallest absolute Gasteiger partial charge is 0.465 e. The number of esters is 1. The molecule has 0 atom stereocenters. The van der Waals surface area contributed by atoms with E-state index in [4.69, 9.17) is 0 Å². The van der Waals surface area contributed by atoms with Crippen molar-refractivity contribution in [3.63, 3.8) is 0 Å². The van der Waals surface area contributed by atoms with Crippen molar-refractivity contribution in [2.24, 2.45) is 0 Å². The van der Waals surface area contributed by atoms with Crippen LogP contribution >= 0.6 is 0 Å². The van der Waals surface area contributed by atoms with Crippen LogP contribution in [-0.4, -0.2) is 29.6 Å². The molecule has 0 aliphatic rings. The molecule has 0 radical (unpaired) electrons. The highest BCUT2D eigenvalue weighted by molar-refractivity contribution is 7.81. The maximum Gasteiger partial charge on any atom is 0.488 e.